The molecule has 1 amide bonds. The Morgan fingerprint density at radius 1 is 1.30 bits per heavy atom. The van der Waals surface area contributed by atoms with Gasteiger partial charge in [-0.15, -0.1) is 0 Å². The number of rotatable bonds is 8. The molecular formula is C14H17ClN2O6. The van der Waals surface area contributed by atoms with Gasteiger partial charge in [0.15, 0.2) is 0 Å². The summed E-state index contributed by atoms with van der Waals surface area (Å²) >= 11 is 6.01. The van der Waals surface area contributed by atoms with Gasteiger partial charge in [-0.05, 0) is 12.5 Å². The number of anilines is 1. The highest BCUT2D eigenvalue weighted by atomic mass is 35.5. The Balaban J connectivity index is 3.01. The Hall–Kier alpha value is -2.48. The number of nitrogens with one attached hydrogen (secondary N) is 2. The van der Waals surface area contributed by atoms with Crippen LogP contribution in [0.5, 0.6) is 5.75 Å². The SMILES string of the molecule is CNc1cc(OC)c(C(=O)N[C@@H](CCC(=O)O)C(=O)O)cc1Cl. The quantitative estimate of drug-likeness (QED) is 0.562. The van der Waals surface area contributed by atoms with Crippen LogP contribution in [0, 0.1) is 0 Å². The van der Waals surface area contributed by atoms with Gasteiger partial charge in [0.25, 0.3) is 5.91 Å². The van der Waals surface area contributed by atoms with Gasteiger partial charge in [0.1, 0.15) is 11.8 Å². The lowest BCUT2D eigenvalue weighted by Crippen LogP contribution is -2.41. The summed E-state index contributed by atoms with van der Waals surface area (Å²) in [6, 6.07) is 1.52. The topological polar surface area (TPSA) is 125 Å². The number of carbonyl (C=O) groups excluding carboxylic acids is 1. The summed E-state index contributed by atoms with van der Waals surface area (Å²) in [5.41, 5.74) is 0.596. The van der Waals surface area contributed by atoms with Crippen LogP contribution >= 0.6 is 11.6 Å². The van der Waals surface area contributed by atoms with E-state index in [9.17, 15) is 14.4 Å². The molecule has 0 aromatic heterocycles. The summed E-state index contributed by atoms with van der Waals surface area (Å²) in [7, 11) is 3.01. The van der Waals surface area contributed by atoms with E-state index in [2.05, 4.69) is 10.6 Å². The van der Waals surface area contributed by atoms with Crippen LogP contribution in [-0.2, 0) is 9.59 Å². The van der Waals surface area contributed by atoms with Gasteiger partial charge in [-0.2, -0.15) is 0 Å². The Bertz CT molecular complexity index is 620. The summed E-state index contributed by atoms with van der Waals surface area (Å²) < 4.78 is 5.10. The highest BCUT2D eigenvalue weighted by Crippen LogP contribution is 2.30. The maximum Gasteiger partial charge on any atom is 0.326 e. The van der Waals surface area contributed by atoms with Gasteiger partial charge in [-0.25, -0.2) is 4.79 Å². The van der Waals surface area contributed by atoms with Crippen molar-refractivity contribution >= 4 is 35.1 Å². The molecule has 126 valence electrons. The highest BCUT2D eigenvalue weighted by Gasteiger charge is 2.24. The summed E-state index contributed by atoms with van der Waals surface area (Å²) in [6.07, 6.45) is -0.616. The lowest BCUT2D eigenvalue weighted by atomic mass is 10.1. The average Bonchev–Trinajstić information content (AvgIpc) is 2.50. The number of ether oxygens (including phenoxy) is 1. The second-order valence-electron chi connectivity index (χ2n) is 4.58. The van der Waals surface area contributed by atoms with Gasteiger partial charge in [-0.3, -0.25) is 9.59 Å². The van der Waals surface area contributed by atoms with Gasteiger partial charge < -0.3 is 25.6 Å². The number of aliphatic carboxylic acids is 2. The van der Waals surface area contributed by atoms with Crippen molar-refractivity contribution in [3.05, 3.63) is 22.7 Å². The number of methoxy groups -OCH3 is 1. The molecule has 1 rings (SSSR count). The number of amides is 1. The van der Waals surface area contributed by atoms with E-state index in [1.807, 2.05) is 0 Å². The highest BCUT2D eigenvalue weighted by molar-refractivity contribution is 6.33. The van der Waals surface area contributed by atoms with E-state index in [0.717, 1.165) is 0 Å². The van der Waals surface area contributed by atoms with Crippen molar-refractivity contribution in [2.75, 3.05) is 19.5 Å². The first-order valence-electron chi connectivity index (χ1n) is 6.60. The molecule has 0 heterocycles. The van der Waals surface area contributed by atoms with Gasteiger partial charge in [-0.1, -0.05) is 11.6 Å². The van der Waals surface area contributed by atoms with Crippen molar-refractivity contribution in [2.24, 2.45) is 0 Å². The van der Waals surface area contributed by atoms with Crippen LogP contribution < -0.4 is 15.4 Å². The zero-order chi connectivity index (χ0) is 17.6. The van der Waals surface area contributed by atoms with Crippen molar-refractivity contribution in [1.29, 1.82) is 0 Å². The lowest BCUT2D eigenvalue weighted by Gasteiger charge is -2.16. The molecule has 1 aromatic rings. The minimum absolute atomic E-state index is 0.0538. The molecule has 0 radical (unpaired) electrons. The molecular weight excluding hydrogens is 328 g/mol. The zero-order valence-electron chi connectivity index (χ0n) is 12.6. The standard InChI is InChI=1S/C14H17ClN2O6/c1-16-10-6-11(23-2)7(5-8(10)15)13(20)17-9(14(21)22)3-4-12(18)19/h5-6,9,16H,3-4H2,1-2H3,(H,17,20)(H,18,19)(H,21,22)/t9-/m0/s1. The summed E-state index contributed by atoms with van der Waals surface area (Å²) in [6.45, 7) is 0. The van der Waals surface area contributed by atoms with Crippen LogP contribution in [0.1, 0.15) is 23.2 Å². The van der Waals surface area contributed by atoms with E-state index < -0.39 is 23.9 Å². The molecule has 0 saturated heterocycles. The van der Waals surface area contributed by atoms with Gasteiger partial charge >= 0.3 is 11.9 Å². The maximum atomic E-state index is 12.3. The van der Waals surface area contributed by atoms with Crippen molar-refractivity contribution < 1.29 is 29.3 Å². The number of carboxylic acid groups (broad SMARTS) is 2. The van der Waals surface area contributed by atoms with E-state index in [1.165, 1.54) is 19.2 Å². The molecule has 9 heteroatoms. The van der Waals surface area contributed by atoms with Crippen LogP contribution in [0.4, 0.5) is 5.69 Å². The Labute approximate surface area is 137 Å². The smallest absolute Gasteiger partial charge is 0.326 e. The molecule has 0 aliphatic heterocycles. The summed E-state index contributed by atoms with van der Waals surface area (Å²) in [5, 5.41) is 23.0. The molecule has 0 spiro atoms. The predicted molar refractivity (Wildman–Crippen MR) is 83.3 cm³/mol. The van der Waals surface area contributed by atoms with Gasteiger partial charge in [0.2, 0.25) is 0 Å². The minimum Gasteiger partial charge on any atom is -0.496 e. The number of carboxylic acids is 2. The van der Waals surface area contributed by atoms with Gasteiger partial charge in [0.05, 0.1) is 23.4 Å². The number of hydrogen-bond acceptors (Lipinski definition) is 5. The molecule has 0 fully saturated rings. The number of hydrogen-bond donors (Lipinski definition) is 4. The predicted octanol–water partition coefficient (Wildman–Crippen LogP) is 1.44. The van der Waals surface area contributed by atoms with Crippen LogP contribution in [0.15, 0.2) is 12.1 Å². The largest absolute Gasteiger partial charge is 0.496 e. The van der Waals surface area contributed by atoms with Crippen molar-refractivity contribution in [2.45, 2.75) is 18.9 Å². The molecule has 1 aromatic carbocycles. The average molecular weight is 345 g/mol. The molecule has 0 aliphatic rings. The molecule has 0 aliphatic carbocycles. The number of benzene rings is 1. The maximum absolute atomic E-state index is 12.3. The van der Waals surface area contributed by atoms with Crippen molar-refractivity contribution in [1.82, 2.24) is 5.32 Å². The van der Waals surface area contributed by atoms with E-state index in [-0.39, 0.29) is 29.2 Å². The summed E-state index contributed by atoms with van der Waals surface area (Å²) in [5.74, 6) is -2.98. The number of halogens is 1. The fraction of sp³-hybridized carbons (Fsp3) is 0.357. The molecule has 0 unspecified atom stereocenters. The monoisotopic (exact) mass is 344 g/mol. The van der Waals surface area contributed by atoms with Crippen molar-refractivity contribution in [3.63, 3.8) is 0 Å². The fourth-order valence-electron chi connectivity index (χ4n) is 1.85. The first kappa shape index (κ1) is 18.6. The van der Waals surface area contributed by atoms with Gasteiger partial charge in [0, 0.05) is 19.5 Å². The van der Waals surface area contributed by atoms with E-state index in [1.54, 1.807) is 7.05 Å². The third-order valence-electron chi connectivity index (χ3n) is 3.05. The van der Waals surface area contributed by atoms with Crippen LogP contribution in [0.3, 0.4) is 0 Å². The Kier molecular flexibility index (Phi) is 6.65. The van der Waals surface area contributed by atoms with E-state index in [0.29, 0.717) is 5.69 Å². The first-order chi connectivity index (χ1) is 10.8. The zero-order valence-corrected chi connectivity index (χ0v) is 13.3. The van der Waals surface area contributed by atoms with E-state index >= 15 is 0 Å². The second kappa shape index (κ2) is 8.23. The van der Waals surface area contributed by atoms with Crippen LogP contribution in [0.25, 0.3) is 0 Å². The lowest BCUT2D eigenvalue weighted by molar-refractivity contribution is -0.140. The molecule has 4 N–H and O–H groups in total. The third kappa shape index (κ3) is 5.03. The van der Waals surface area contributed by atoms with Crippen LogP contribution in [0.2, 0.25) is 5.02 Å². The second-order valence-corrected chi connectivity index (χ2v) is 4.99. The third-order valence-corrected chi connectivity index (χ3v) is 3.37. The summed E-state index contributed by atoms with van der Waals surface area (Å²) in [4.78, 5) is 33.9. The Morgan fingerprint density at radius 3 is 2.43 bits per heavy atom. The minimum atomic E-state index is -1.33. The molecule has 1 atom stereocenters. The number of carbonyl (C=O) groups is 3. The van der Waals surface area contributed by atoms with Crippen LogP contribution in [-0.4, -0.2) is 48.3 Å². The molecule has 23 heavy (non-hydrogen) atoms. The Morgan fingerprint density at radius 2 is 1.96 bits per heavy atom. The normalized spacial score (nSPS) is 11.4. The van der Waals surface area contributed by atoms with Crippen molar-refractivity contribution in [3.8, 4) is 5.75 Å². The molecule has 8 nitrogen and oxygen atoms in total. The molecule has 0 bridgehead atoms. The fourth-order valence-corrected chi connectivity index (χ4v) is 2.11. The van der Waals surface area contributed by atoms with E-state index in [4.69, 9.17) is 26.6 Å². The molecule has 0 saturated carbocycles. The first-order valence-corrected chi connectivity index (χ1v) is 6.98.